The highest BCUT2D eigenvalue weighted by molar-refractivity contribution is 5.88. The zero-order chi connectivity index (χ0) is 30.4. The van der Waals surface area contributed by atoms with Crippen molar-refractivity contribution in [3.63, 3.8) is 0 Å². The number of halogens is 3. The zero-order valence-corrected chi connectivity index (χ0v) is 23.7. The molecule has 4 N–H and O–H groups in total. The summed E-state index contributed by atoms with van der Waals surface area (Å²) in [7, 11) is 5.34. The minimum absolute atomic E-state index is 0.222. The molecule has 4 aromatic rings. The van der Waals surface area contributed by atoms with Gasteiger partial charge in [-0.2, -0.15) is 23.3 Å². The topological polar surface area (TPSA) is 152 Å². The van der Waals surface area contributed by atoms with E-state index in [1.165, 1.54) is 11.1 Å². The summed E-state index contributed by atoms with van der Waals surface area (Å²) in [5, 5.41) is 18.8. The number of aryl methyl sites for hydroxylation is 3. The minimum Gasteiger partial charge on any atom is -0.497 e. The van der Waals surface area contributed by atoms with Crippen LogP contribution in [0, 0.1) is 6.92 Å². The van der Waals surface area contributed by atoms with Gasteiger partial charge in [-0.15, -0.1) is 0 Å². The number of hydrogen-bond donors (Lipinski definition) is 4. The van der Waals surface area contributed by atoms with Crippen molar-refractivity contribution in [1.29, 1.82) is 0 Å². The quantitative estimate of drug-likeness (QED) is 0.210. The van der Waals surface area contributed by atoms with Gasteiger partial charge in [0.2, 0.25) is 5.95 Å². The van der Waals surface area contributed by atoms with E-state index in [4.69, 9.17) is 29.3 Å². The number of carboxylic acids is 1. The SMILES string of the molecule is COc1cc2c(c(OC)c1)CCC(Nc1nc(NCCCc3ncc[nH]3)nc3c(C)nn(C)c13)C2.O=C(O)C(F)(F)F. The van der Waals surface area contributed by atoms with Crippen LogP contribution in [0.15, 0.2) is 24.5 Å². The molecule has 0 amide bonds. The van der Waals surface area contributed by atoms with Gasteiger partial charge in [0.15, 0.2) is 5.82 Å². The van der Waals surface area contributed by atoms with Crippen LogP contribution >= 0.6 is 0 Å². The highest BCUT2D eigenvalue weighted by atomic mass is 19.4. The van der Waals surface area contributed by atoms with Gasteiger partial charge in [0, 0.05) is 44.5 Å². The maximum absolute atomic E-state index is 10.6. The monoisotopic (exact) mass is 590 g/mol. The summed E-state index contributed by atoms with van der Waals surface area (Å²) in [4.78, 5) is 25.9. The number of aromatic nitrogens is 6. The molecule has 1 aliphatic carbocycles. The molecule has 0 bridgehead atoms. The average molecular weight is 591 g/mol. The lowest BCUT2D eigenvalue weighted by atomic mass is 9.87. The number of H-pyrrole nitrogens is 1. The van der Waals surface area contributed by atoms with E-state index in [9.17, 15) is 13.2 Å². The van der Waals surface area contributed by atoms with Crippen LogP contribution in [-0.4, -0.2) is 73.8 Å². The zero-order valence-electron chi connectivity index (χ0n) is 23.7. The van der Waals surface area contributed by atoms with Crippen molar-refractivity contribution >= 4 is 28.8 Å². The third-order valence-electron chi connectivity index (χ3n) is 6.80. The molecule has 0 aliphatic heterocycles. The predicted molar refractivity (Wildman–Crippen MR) is 149 cm³/mol. The van der Waals surface area contributed by atoms with Gasteiger partial charge in [-0.25, -0.2) is 14.8 Å². The average Bonchev–Trinajstić information content (AvgIpc) is 3.57. The molecule has 5 rings (SSSR count). The number of imidazole rings is 1. The van der Waals surface area contributed by atoms with Gasteiger partial charge in [-0.3, -0.25) is 4.68 Å². The Labute approximate surface area is 239 Å². The standard InChI is InChI=1S/C25H32N8O2.C2HF3O2/c1-15-22-23(33(2)32-15)24(31-25(30-22)28-9-5-6-21-26-10-11-27-21)29-17-7-8-19-16(12-17)13-18(34-3)14-20(19)35-4;3-2(4,5)1(6)7/h10-11,13-14,17H,5-9,12H2,1-4H3,(H,26,27)(H2,28,29,30,31);(H,6,7). The smallest absolute Gasteiger partial charge is 0.490 e. The van der Waals surface area contributed by atoms with Crippen molar-refractivity contribution in [1.82, 2.24) is 29.7 Å². The molecule has 42 heavy (non-hydrogen) atoms. The van der Waals surface area contributed by atoms with Crippen LogP contribution in [0.4, 0.5) is 24.9 Å². The molecule has 0 fully saturated rings. The second-order valence-electron chi connectivity index (χ2n) is 9.72. The number of aromatic amines is 1. The van der Waals surface area contributed by atoms with E-state index >= 15 is 0 Å². The molecule has 1 aromatic carbocycles. The second-order valence-corrected chi connectivity index (χ2v) is 9.72. The summed E-state index contributed by atoms with van der Waals surface area (Å²) < 4.78 is 44.7. The van der Waals surface area contributed by atoms with Crippen molar-refractivity contribution in [2.45, 2.75) is 51.2 Å². The molecule has 226 valence electrons. The lowest BCUT2D eigenvalue weighted by Crippen LogP contribution is -2.28. The lowest BCUT2D eigenvalue weighted by Gasteiger charge is -2.28. The normalized spacial score (nSPS) is 14.5. The van der Waals surface area contributed by atoms with Crippen molar-refractivity contribution < 1.29 is 32.5 Å². The number of nitrogens with one attached hydrogen (secondary N) is 3. The maximum atomic E-state index is 10.6. The third-order valence-corrected chi connectivity index (χ3v) is 6.80. The van der Waals surface area contributed by atoms with E-state index in [-0.39, 0.29) is 6.04 Å². The van der Waals surface area contributed by atoms with Crippen LogP contribution in [0.2, 0.25) is 0 Å². The van der Waals surface area contributed by atoms with Crippen LogP contribution in [0.3, 0.4) is 0 Å². The number of hydrogen-bond acceptors (Lipinski definition) is 9. The van der Waals surface area contributed by atoms with Crippen molar-refractivity contribution in [3.8, 4) is 11.5 Å². The fourth-order valence-corrected chi connectivity index (χ4v) is 4.85. The van der Waals surface area contributed by atoms with Crippen molar-refractivity contribution in [2.24, 2.45) is 7.05 Å². The third kappa shape index (κ3) is 7.19. The molecule has 0 saturated carbocycles. The molecule has 3 heterocycles. The first-order chi connectivity index (χ1) is 20.0. The number of anilines is 2. The molecule has 1 aliphatic rings. The minimum atomic E-state index is -5.08. The number of carboxylic acid groups (broad SMARTS) is 1. The fraction of sp³-hybridized carbons (Fsp3) is 0.444. The van der Waals surface area contributed by atoms with Gasteiger partial charge in [0.1, 0.15) is 28.4 Å². The number of alkyl halides is 3. The van der Waals surface area contributed by atoms with Gasteiger partial charge >= 0.3 is 12.1 Å². The largest absolute Gasteiger partial charge is 0.497 e. The van der Waals surface area contributed by atoms with Gasteiger partial charge in [0.25, 0.3) is 0 Å². The molecule has 0 spiro atoms. The number of carbonyl (C=O) groups is 1. The molecular formula is C27H33F3N8O4. The van der Waals surface area contributed by atoms with Crippen LogP contribution in [-0.2, 0) is 31.1 Å². The summed E-state index contributed by atoms with van der Waals surface area (Å²) in [6.07, 6.45) is 3.09. The second kappa shape index (κ2) is 13.0. The Hall–Kier alpha value is -4.56. The molecule has 12 nitrogen and oxygen atoms in total. The van der Waals surface area contributed by atoms with E-state index in [0.717, 1.165) is 78.5 Å². The van der Waals surface area contributed by atoms with E-state index in [2.05, 4.69) is 31.8 Å². The highest BCUT2D eigenvalue weighted by Crippen LogP contribution is 2.35. The first kappa shape index (κ1) is 30.4. The fourth-order valence-electron chi connectivity index (χ4n) is 4.85. The van der Waals surface area contributed by atoms with E-state index in [1.54, 1.807) is 20.4 Å². The summed E-state index contributed by atoms with van der Waals surface area (Å²) >= 11 is 0. The van der Waals surface area contributed by atoms with E-state index in [1.807, 2.05) is 30.9 Å². The Morgan fingerprint density at radius 2 is 2.00 bits per heavy atom. The summed E-state index contributed by atoms with van der Waals surface area (Å²) in [6, 6.07) is 4.30. The van der Waals surface area contributed by atoms with Gasteiger partial charge in [-0.1, -0.05) is 0 Å². The Morgan fingerprint density at radius 1 is 1.24 bits per heavy atom. The predicted octanol–water partition coefficient (Wildman–Crippen LogP) is 4.06. The first-order valence-electron chi connectivity index (χ1n) is 13.2. The summed E-state index contributed by atoms with van der Waals surface area (Å²) in [6.45, 7) is 2.73. The molecule has 1 atom stereocenters. The number of nitrogens with zero attached hydrogens (tertiary/aromatic N) is 5. The number of fused-ring (bicyclic) bond motifs is 2. The van der Waals surface area contributed by atoms with Gasteiger partial charge in [-0.05, 0) is 49.8 Å². The molecule has 0 saturated heterocycles. The molecule has 15 heteroatoms. The Balaban J connectivity index is 0.000000517. The van der Waals surface area contributed by atoms with E-state index in [0.29, 0.717) is 5.95 Å². The maximum Gasteiger partial charge on any atom is 0.490 e. The first-order valence-corrected chi connectivity index (χ1v) is 13.2. The van der Waals surface area contributed by atoms with Gasteiger partial charge in [0.05, 0.1) is 19.9 Å². The molecule has 0 radical (unpaired) electrons. The number of ether oxygens (including phenoxy) is 2. The molecule has 3 aromatic heterocycles. The number of methoxy groups -OCH3 is 2. The van der Waals surface area contributed by atoms with Crippen LogP contribution < -0.4 is 20.1 Å². The number of rotatable bonds is 9. The molecule has 1 unspecified atom stereocenters. The van der Waals surface area contributed by atoms with Crippen LogP contribution in [0.1, 0.15) is 35.5 Å². The Bertz CT molecular complexity index is 1520. The van der Waals surface area contributed by atoms with Crippen molar-refractivity contribution in [3.05, 3.63) is 47.2 Å². The number of benzene rings is 1. The Morgan fingerprint density at radius 3 is 2.64 bits per heavy atom. The summed E-state index contributed by atoms with van der Waals surface area (Å²) in [5.74, 6) is 1.34. The van der Waals surface area contributed by atoms with Crippen LogP contribution in [0.5, 0.6) is 11.5 Å². The van der Waals surface area contributed by atoms with Crippen LogP contribution in [0.25, 0.3) is 11.0 Å². The van der Waals surface area contributed by atoms with E-state index < -0.39 is 12.1 Å². The Kier molecular flexibility index (Phi) is 9.38. The molecular weight excluding hydrogens is 557 g/mol. The highest BCUT2D eigenvalue weighted by Gasteiger charge is 2.38. The lowest BCUT2D eigenvalue weighted by molar-refractivity contribution is -0.192. The number of aliphatic carboxylic acids is 1. The van der Waals surface area contributed by atoms with Crippen molar-refractivity contribution in [2.75, 3.05) is 31.4 Å². The van der Waals surface area contributed by atoms with Gasteiger partial charge < -0.3 is 30.2 Å². The summed E-state index contributed by atoms with van der Waals surface area (Å²) in [5.41, 5.74) is 5.16.